The average Bonchev–Trinajstić information content (AvgIpc) is 3.02. The number of nitrogens with one attached hydrogen (secondary N) is 1. The molecule has 2 aromatic carbocycles. The summed E-state index contributed by atoms with van der Waals surface area (Å²) in [5.41, 5.74) is 1.78. The van der Waals surface area contributed by atoms with Gasteiger partial charge in [-0.05, 0) is 36.2 Å². The number of hydrogen-bond donors (Lipinski definition) is 1. The van der Waals surface area contributed by atoms with E-state index >= 15 is 0 Å². The van der Waals surface area contributed by atoms with E-state index in [0.717, 1.165) is 5.56 Å². The van der Waals surface area contributed by atoms with Crippen LogP contribution in [-0.4, -0.2) is 29.8 Å². The summed E-state index contributed by atoms with van der Waals surface area (Å²) in [6.07, 6.45) is 0.765. The minimum atomic E-state index is -0.442. The molecule has 1 N–H and O–H groups in total. The highest BCUT2D eigenvalue weighted by molar-refractivity contribution is 5.98. The number of benzene rings is 2. The first-order valence-electron chi connectivity index (χ1n) is 8.39. The van der Waals surface area contributed by atoms with Crippen LogP contribution in [0.25, 0.3) is 0 Å². The molecule has 1 aliphatic rings. The molecule has 2 amide bonds. The van der Waals surface area contributed by atoms with Crippen LogP contribution in [0.4, 0.5) is 10.1 Å². The smallest absolute Gasteiger partial charge is 0.229 e. The molecule has 0 bridgehead atoms. The summed E-state index contributed by atoms with van der Waals surface area (Å²) in [6.45, 7) is 0.837. The van der Waals surface area contributed by atoms with Gasteiger partial charge in [-0.1, -0.05) is 24.3 Å². The molecule has 1 aliphatic heterocycles. The summed E-state index contributed by atoms with van der Waals surface area (Å²) in [5, 5.41) is 11.8. The van der Waals surface area contributed by atoms with Gasteiger partial charge in [0.2, 0.25) is 11.8 Å². The summed E-state index contributed by atoms with van der Waals surface area (Å²) < 4.78 is 12.9. The summed E-state index contributed by atoms with van der Waals surface area (Å²) in [7, 11) is 0. The zero-order chi connectivity index (χ0) is 18.5. The van der Waals surface area contributed by atoms with Crippen molar-refractivity contribution in [3.8, 4) is 6.07 Å². The highest BCUT2D eigenvalue weighted by Crippen LogP contribution is 2.22. The quantitative estimate of drug-likeness (QED) is 0.900. The van der Waals surface area contributed by atoms with E-state index in [1.807, 2.05) is 6.07 Å². The number of nitrogens with zero attached hydrogens (tertiary/aromatic N) is 2. The Hall–Kier alpha value is -3.20. The van der Waals surface area contributed by atoms with Crippen LogP contribution in [0.1, 0.15) is 17.5 Å². The SMILES string of the molecule is N#Cc1ccccc1NC(=O)[C@H]1CC(=O)N(CCc2ccc(F)cc2)C1. The summed E-state index contributed by atoms with van der Waals surface area (Å²) >= 11 is 0. The number of para-hydroxylation sites is 1. The van der Waals surface area contributed by atoms with Gasteiger partial charge < -0.3 is 10.2 Å². The molecule has 0 aliphatic carbocycles. The molecular weight excluding hydrogens is 333 g/mol. The van der Waals surface area contributed by atoms with Gasteiger partial charge in [-0.15, -0.1) is 0 Å². The van der Waals surface area contributed by atoms with Gasteiger partial charge in [0.1, 0.15) is 11.9 Å². The van der Waals surface area contributed by atoms with Crippen molar-refractivity contribution in [3.05, 3.63) is 65.5 Å². The third kappa shape index (κ3) is 4.06. The Labute approximate surface area is 151 Å². The van der Waals surface area contributed by atoms with E-state index in [9.17, 15) is 14.0 Å². The molecule has 5 nitrogen and oxygen atoms in total. The highest BCUT2D eigenvalue weighted by atomic mass is 19.1. The number of hydrogen-bond acceptors (Lipinski definition) is 3. The number of rotatable bonds is 5. The first-order chi connectivity index (χ1) is 12.6. The van der Waals surface area contributed by atoms with E-state index in [4.69, 9.17) is 5.26 Å². The Balaban J connectivity index is 1.57. The van der Waals surface area contributed by atoms with Gasteiger partial charge in [-0.2, -0.15) is 5.26 Å². The average molecular weight is 351 g/mol. The molecule has 1 saturated heterocycles. The van der Waals surface area contributed by atoms with Gasteiger partial charge in [-0.25, -0.2) is 4.39 Å². The Morgan fingerprint density at radius 2 is 1.96 bits per heavy atom. The lowest BCUT2D eigenvalue weighted by Gasteiger charge is -2.16. The van der Waals surface area contributed by atoms with E-state index in [1.165, 1.54) is 12.1 Å². The van der Waals surface area contributed by atoms with Crippen LogP contribution in [0.3, 0.4) is 0 Å². The van der Waals surface area contributed by atoms with Gasteiger partial charge in [-0.3, -0.25) is 9.59 Å². The lowest BCUT2D eigenvalue weighted by atomic mass is 10.1. The molecular formula is C20H18FN3O2. The molecule has 1 heterocycles. The topological polar surface area (TPSA) is 73.2 Å². The third-order valence-corrected chi connectivity index (χ3v) is 4.47. The molecule has 0 aromatic heterocycles. The number of nitriles is 1. The van der Waals surface area contributed by atoms with E-state index in [1.54, 1.807) is 41.3 Å². The van der Waals surface area contributed by atoms with Gasteiger partial charge in [0.25, 0.3) is 0 Å². The fourth-order valence-electron chi connectivity index (χ4n) is 3.00. The van der Waals surface area contributed by atoms with Crippen molar-refractivity contribution in [1.82, 2.24) is 4.90 Å². The van der Waals surface area contributed by atoms with Crippen molar-refractivity contribution in [2.75, 3.05) is 18.4 Å². The predicted octanol–water partition coefficient (Wildman–Crippen LogP) is 2.73. The number of carbonyl (C=O) groups excluding carboxylic acids is 2. The van der Waals surface area contributed by atoms with Crippen molar-refractivity contribution in [1.29, 1.82) is 5.26 Å². The maximum atomic E-state index is 12.9. The molecule has 26 heavy (non-hydrogen) atoms. The van der Waals surface area contributed by atoms with Crippen molar-refractivity contribution >= 4 is 17.5 Å². The Kier molecular flexibility index (Phi) is 5.28. The van der Waals surface area contributed by atoms with Crippen LogP contribution >= 0.6 is 0 Å². The molecule has 1 atom stereocenters. The molecule has 0 radical (unpaired) electrons. The van der Waals surface area contributed by atoms with Crippen LogP contribution in [0.2, 0.25) is 0 Å². The van der Waals surface area contributed by atoms with Crippen molar-refractivity contribution in [2.24, 2.45) is 5.92 Å². The zero-order valence-corrected chi connectivity index (χ0v) is 14.1. The van der Waals surface area contributed by atoms with Gasteiger partial charge in [0.15, 0.2) is 0 Å². The zero-order valence-electron chi connectivity index (χ0n) is 14.1. The molecule has 2 aromatic rings. The van der Waals surface area contributed by atoms with Crippen LogP contribution in [0, 0.1) is 23.1 Å². The van der Waals surface area contributed by atoms with E-state index < -0.39 is 5.92 Å². The minimum Gasteiger partial charge on any atom is -0.342 e. The maximum absolute atomic E-state index is 12.9. The Bertz CT molecular complexity index is 858. The van der Waals surface area contributed by atoms with Crippen molar-refractivity contribution < 1.29 is 14.0 Å². The van der Waals surface area contributed by atoms with Crippen molar-refractivity contribution in [2.45, 2.75) is 12.8 Å². The number of amides is 2. The summed E-state index contributed by atoms with van der Waals surface area (Å²) in [4.78, 5) is 26.3. The van der Waals surface area contributed by atoms with Gasteiger partial charge in [0.05, 0.1) is 17.2 Å². The third-order valence-electron chi connectivity index (χ3n) is 4.47. The normalized spacial score (nSPS) is 16.4. The minimum absolute atomic E-state index is 0.0687. The molecule has 0 saturated carbocycles. The maximum Gasteiger partial charge on any atom is 0.229 e. The van der Waals surface area contributed by atoms with E-state index in [0.29, 0.717) is 30.8 Å². The molecule has 3 rings (SSSR count). The number of likely N-dealkylation sites (tertiary alicyclic amines) is 1. The Morgan fingerprint density at radius 1 is 1.23 bits per heavy atom. The molecule has 132 valence electrons. The standard InChI is InChI=1S/C20H18FN3O2/c21-17-7-5-14(6-8-17)9-10-24-13-16(11-19(24)25)20(26)23-18-4-2-1-3-15(18)12-22/h1-8,16H,9-11,13H2,(H,23,26)/t16-/m0/s1. The highest BCUT2D eigenvalue weighted by Gasteiger charge is 2.34. The summed E-state index contributed by atoms with van der Waals surface area (Å²) in [6, 6.07) is 15.0. The molecule has 0 spiro atoms. The Morgan fingerprint density at radius 3 is 2.69 bits per heavy atom. The molecule has 6 heteroatoms. The number of anilines is 1. The van der Waals surface area contributed by atoms with Gasteiger partial charge >= 0.3 is 0 Å². The second-order valence-corrected chi connectivity index (χ2v) is 6.26. The van der Waals surface area contributed by atoms with Gasteiger partial charge in [0, 0.05) is 19.5 Å². The molecule has 1 fully saturated rings. The lowest BCUT2D eigenvalue weighted by Crippen LogP contribution is -2.30. The fourth-order valence-corrected chi connectivity index (χ4v) is 3.00. The summed E-state index contributed by atoms with van der Waals surface area (Å²) in [5.74, 6) is -1.06. The lowest BCUT2D eigenvalue weighted by molar-refractivity contribution is -0.128. The number of carbonyl (C=O) groups is 2. The first-order valence-corrected chi connectivity index (χ1v) is 8.39. The van der Waals surface area contributed by atoms with Crippen molar-refractivity contribution in [3.63, 3.8) is 0 Å². The van der Waals surface area contributed by atoms with Crippen LogP contribution in [-0.2, 0) is 16.0 Å². The van der Waals surface area contributed by atoms with E-state index in [2.05, 4.69) is 5.32 Å². The number of halogens is 1. The second kappa shape index (κ2) is 7.79. The fraction of sp³-hybridized carbons (Fsp3) is 0.250. The van der Waals surface area contributed by atoms with Crippen LogP contribution in [0.5, 0.6) is 0 Å². The van der Waals surface area contributed by atoms with Crippen LogP contribution < -0.4 is 5.32 Å². The van der Waals surface area contributed by atoms with Crippen LogP contribution in [0.15, 0.2) is 48.5 Å². The monoisotopic (exact) mass is 351 g/mol. The second-order valence-electron chi connectivity index (χ2n) is 6.26. The van der Waals surface area contributed by atoms with E-state index in [-0.39, 0.29) is 24.1 Å². The largest absolute Gasteiger partial charge is 0.342 e. The predicted molar refractivity (Wildman–Crippen MR) is 94.6 cm³/mol. The molecule has 0 unspecified atom stereocenters. The first kappa shape index (κ1) is 17.6.